The van der Waals surface area contributed by atoms with Crippen molar-refractivity contribution in [2.45, 2.75) is 78.1 Å². The average Bonchev–Trinajstić information content (AvgIpc) is 2.37. The van der Waals surface area contributed by atoms with Gasteiger partial charge in [0, 0.05) is 0 Å². The molecule has 1 rings (SSSR count). The maximum absolute atomic E-state index is 2.32. The van der Waals surface area contributed by atoms with Gasteiger partial charge in [-0.05, 0) is 25.3 Å². The molecule has 0 N–H and O–H groups in total. The molecule has 0 radical (unpaired) electrons. The van der Waals surface area contributed by atoms with Crippen molar-refractivity contribution in [2.75, 3.05) is 0 Å². The summed E-state index contributed by atoms with van der Waals surface area (Å²) in [5, 5.41) is 0. The van der Waals surface area contributed by atoms with E-state index in [1.165, 1.54) is 75.3 Å². The number of benzene rings is 1. The maximum atomic E-state index is 2.32. The molecule has 0 amide bonds. The molecular weight excluding hydrogens is 216 g/mol. The molecule has 0 unspecified atom stereocenters. The number of unbranched alkanes of at least 4 members (excludes halogenated alkanes) is 8. The van der Waals surface area contributed by atoms with Crippen LogP contribution in [0.1, 0.15) is 75.8 Å². The van der Waals surface area contributed by atoms with Crippen molar-refractivity contribution in [3.8, 4) is 0 Å². The largest absolute Gasteiger partial charge is 0.0654 e. The Morgan fingerprint density at radius 2 is 1.39 bits per heavy atom. The van der Waals surface area contributed by atoms with Crippen LogP contribution in [-0.2, 0) is 6.42 Å². The molecule has 0 fully saturated rings. The Labute approximate surface area is 114 Å². The Morgan fingerprint density at radius 1 is 0.778 bits per heavy atom. The molecule has 0 heterocycles. The van der Waals surface area contributed by atoms with E-state index < -0.39 is 0 Å². The second-order valence-corrected chi connectivity index (χ2v) is 5.57. The van der Waals surface area contributed by atoms with Crippen molar-refractivity contribution >= 4 is 0 Å². The van der Waals surface area contributed by atoms with Crippen molar-refractivity contribution in [1.82, 2.24) is 0 Å². The van der Waals surface area contributed by atoms with E-state index in [1.54, 1.807) is 0 Å². The molecule has 0 atom stereocenters. The summed E-state index contributed by atoms with van der Waals surface area (Å²) in [5.41, 5.74) is 2.90. The minimum absolute atomic E-state index is 1.26. The van der Waals surface area contributed by atoms with Crippen LogP contribution in [0, 0.1) is 6.92 Å². The van der Waals surface area contributed by atoms with Crippen molar-refractivity contribution < 1.29 is 0 Å². The summed E-state index contributed by atoms with van der Waals surface area (Å²) in [4.78, 5) is 0. The van der Waals surface area contributed by atoms with Gasteiger partial charge in [0.15, 0.2) is 0 Å². The van der Waals surface area contributed by atoms with Gasteiger partial charge in [-0.25, -0.2) is 0 Å². The normalized spacial score (nSPS) is 10.8. The number of aryl methyl sites for hydroxylation is 2. The van der Waals surface area contributed by atoms with Crippen LogP contribution in [0.2, 0.25) is 0 Å². The molecule has 0 nitrogen and oxygen atoms in total. The Balaban J connectivity index is 1.92. The first-order chi connectivity index (χ1) is 8.83. The topological polar surface area (TPSA) is 0 Å². The molecule has 0 aliphatic rings. The van der Waals surface area contributed by atoms with E-state index in [0.29, 0.717) is 0 Å². The van der Waals surface area contributed by atoms with E-state index in [2.05, 4.69) is 38.1 Å². The van der Waals surface area contributed by atoms with Crippen LogP contribution in [0.25, 0.3) is 0 Å². The quantitative estimate of drug-likeness (QED) is 0.440. The summed E-state index contributed by atoms with van der Waals surface area (Å²) in [6.45, 7) is 4.46. The van der Waals surface area contributed by atoms with E-state index in [0.717, 1.165) is 0 Å². The third-order valence-electron chi connectivity index (χ3n) is 3.65. The molecule has 1 aromatic carbocycles. The molecular formula is C18H30. The highest BCUT2D eigenvalue weighted by Gasteiger charge is 1.95. The van der Waals surface area contributed by atoms with Gasteiger partial charge < -0.3 is 0 Å². The lowest BCUT2D eigenvalue weighted by Crippen LogP contribution is -1.87. The van der Waals surface area contributed by atoms with Gasteiger partial charge in [0.25, 0.3) is 0 Å². The number of hydrogen-bond donors (Lipinski definition) is 0. The summed E-state index contributed by atoms with van der Waals surface area (Å²) in [7, 11) is 0. The summed E-state index contributed by atoms with van der Waals surface area (Å²) in [5.74, 6) is 0. The van der Waals surface area contributed by atoms with Gasteiger partial charge in [-0.1, -0.05) is 88.1 Å². The van der Waals surface area contributed by atoms with E-state index in [9.17, 15) is 0 Å². The fraction of sp³-hybridized carbons (Fsp3) is 0.667. The SMILES string of the molecule is CCCCCCCCCCCc1cccc(C)c1. The van der Waals surface area contributed by atoms with Gasteiger partial charge in [0.05, 0.1) is 0 Å². The van der Waals surface area contributed by atoms with Crippen molar-refractivity contribution in [3.63, 3.8) is 0 Å². The third kappa shape index (κ3) is 7.53. The zero-order valence-electron chi connectivity index (χ0n) is 12.4. The first kappa shape index (κ1) is 15.3. The molecule has 0 saturated carbocycles. The first-order valence-corrected chi connectivity index (χ1v) is 7.88. The first-order valence-electron chi connectivity index (χ1n) is 7.88. The van der Waals surface area contributed by atoms with Crippen molar-refractivity contribution in [2.24, 2.45) is 0 Å². The predicted molar refractivity (Wildman–Crippen MR) is 82.1 cm³/mol. The Hall–Kier alpha value is -0.780. The summed E-state index contributed by atoms with van der Waals surface area (Å²) >= 11 is 0. The molecule has 0 aliphatic carbocycles. The van der Waals surface area contributed by atoms with Crippen LogP contribution in [0.3, 0.4) is 0 Å². The fourth-order valence-corrected chi connectivity index (χ4v) is 2.51. The third-order valence-corrected chi connectivity index (χ3v) is 3.65. The van der Waals surface area contributed by atoms with Crippen LogP contribution in [-0.4, -0.2) is 0 Å². The number of hydrogen-bond acceptors (Lipinski definition) is 0. The van der Waals surface area contributed by atoms with Gasteiger partial charge in [-0.2, -0.15) is 0 Å². The molecule has 102 valence electrons. The molecule has 1 aromatic rings. The van der Waals surface area contributed by atoms with E-state index in [1.807, 2.05) is 0 Å². The minimum atomic E-state index is 1.26. The van der Waals surface area contributed by atoms with Gasteiger partial charge >= 0.3 is 0 Å². The molecule has 0 spiro atoms. The highest BCUT2D eigenvalue weighted by Crippen LogP contribution is 2.12. The van der Waals surface area contributed by atoms with Crippen LogP contribution in [0.15, 0.2) is 24.3 Å². The monoisotopic (exact) mass is 246 g/mol. The van der Waals surface area contributed by atoms with Crippen LogP contribution in [0.4, 0.5) is 0 Å². The molecule has 0 saturated heterocycles. The second-order valence-electron chi connectivity index (χ2n) is 5.57. The lowest BCUT2D eigenvalue weighted by Gasteiger charge is -2.03. The lowest BCUT2D eigenvalue weighted by molar-refractivity contribution is 0.565. The maximum Gasteiger partial charge on any atom is -0.0279 e. The standard InChI is InChI=1S/C18H30/c1-3-4-5-6-7-8-9-10-11-14-18-15-12-13-17(2)16-18/h12-13,15-16H,3-11,14H2,1-2H3. The summed E-state index contributed by atoms with van der Waals surface area (Å²) in [6.07, 6.45) is 14.0. The smallest absolute Gasteiger partial charge is 0.0279 e. The van der Waals surface area contributed by atoms with Crippen LogP contribution in [0.5, 0.6) is 0 Å². The van der Waals surface area contributed by atoms with Gasteiger partial charge in [0.2, 0.25) is 0 Å². The molecule has 0 aromatic heterocycles. The van der Waals surface area contributed by atoms with Crippen molar-refractivity contribution in [1.29, 1.82) is 0 Å². The molecule has 0 aliphatic heterocycles. The average molecular weight is 246 g/mol. The lowest BCUT2D eigenvalue weighted by atomic mass is 10.0. The minimum Gasteiger partial charge on any atom is -0.0654 e. The molecule has 0 bridgehead atoms. The Kier molecular flexibility index (Phi) is 8.63. The Bertz CT molecular complexity index is 301. The van der Waals surface area contributed by atoms with E-state index in [-0.39, 0.29) is 0 Å². The van der Waals surface area contributed by atoms with Gasteiger partial charge in [0.1, 0.15) is 0 Å². The Morgan fingerprint density at radius 3 is 2.00 bits per heavy atom. The summed E-state index contributed by atoms with van der Waals surface area (Å²) in [6, 6.07) is 8.95. The van der Waals surface area contributed by atoms with Gasteiger partial charge in [-0.3, -0.25) is 0 Å². The van der Waals surface area contributed by atoms with Crippen LogP contribution >= 0.6 is 0 Å². The molecule has 18 heavy (non-hydrogen) atoms. The fourth-order valence-electron chi connectivity index (χ4n) is 2.51. The molecule has 0 heteroatoms. The van der Waals surface area contributed by atoms with Gasteiger partial charge in [-0.15, -0.1) is 0 Å². The van der Waals surface area contributed by atoms with E-state index in [4.69, 9.17) is 0 Å². The second kappa shape index (κ2) is 10.2. The van der Waals surface area contributed by atoms with Crippen LogP contribution < -0.4 is 0 Å². The van der Waals surface area contributed by atoms with Crippen molar-refractivity contribution in [3.05, 3.63) is 35.4 Å². The zero-order chi connectivity index (χ0) is 13.1. The highest BCUT2D eigenvalue weighted by molar-refractivity contribution is 5.22. The van der Waals surface area contributed by atoms with E-state index >= 15 is 0 Å². The zero-order valence-corrected chi connectivity index (χ0v) is 12.4. The predicted octanol–water partition coefficient (Wildman–Crippen LogP) is 6.07. The number of rotatable bonds is 10. The summed E-state index contributed by atoms with van der Waals surface area (Å²) < 4.78 is 0. The highest BCUT2D eigenvalue weighted by atomic mass is 14.0.